The molecule has 1 aliphatic rings. The van der Waals surface area contributed by atoms with E-state index < -0.39 is 0 Å². The highest BCUT2D eigenvalue weighted by Crippen LogP contribution is 2.30. The van der Waals surface area contributed by atoms with Gasteiger partial charge in [0.2, 0.25) is 11.8 Å². The molecule has 0 radical (unpaired) electrons. The van der Waals surface area contributed by atoms with Crippen LogP contribution in [0.3, 0.4) is 0 Å². The summed E-state index contributed by atoms with van der Waals surface area (Å²) >= 11 is 0. The van der Waals surface area contributed by atoms with Gasteiger partial charge in [0.25, 0.3) is 0 Å². The Kier molecular flexibility index (Phi) is 6.16. The number of amides is 2. The van der Waals surface area contributed by atoms with E-state index in [1.165, 1.54) is 0 Å². The van der Waals surface area contributed by atoms with Crippen molar-refractivity contribution in [3.63, 3.8) is 0 Å². The number of benzene rings is 1. The van der Waals surface area contributed by atoms with Crippen molar-refractivity contribution in [2.24, 2.45) is 11.8 Å². The Bertz CT molecular complexity index is 837. The van der Waals surface area contributed by atoms with Crippen LogP contribution in [0.25, 0.3) is 0 Å². The largest absolute Gasteiger partial charge is 0.352 e. The Morgan fingerprint density at radius 2 is 1.70 bits per heavy atom. The molecule has 6 heteroatoms. The highest BCUT2D eigenvalue weighted by molar-refractivity contribution is 5.93. The second-order valence-corrected chi connectivity index (χ2v) is 6.80. The highest BCUT2D eigenvalue weighted by atomic mass is 16.2. The number of hydrogen-bond donors (Lipinski definition) is 2. The van der Waals surface area contributed by atoms with Gasteiger partial charge in [0.15, 0.2) is 0 Å². The summed E-state index contributed by atoms with van der Waals surface area (Å²) in [6.07, 6.45) is 6.21. The lowest BCUT2D eigenvalue weighted by atomic mass is 9.81. The van der Waals surface area contributed by atoms with E-state index in [-0.39, 0.29) is 23.7 Å². The van der Waals surface area contributed by atoms with Gasteiger partial charge in [-0.2, -0.15) is 5.26 Å². The highest BCUT2D eigenvalue weighted by Gasteiger charge is 2.29. The van der Waals surface area contributed by atoms with Gasteiger partial charge in [0.05, 0.1) is 11.6 Å². The Balaban J connectivity index is 1.45. The fourth-order valence-corrected chi connectivity index (χ4v) is 3.36. The molecule has 1 aromatic heterocycles. The standard InChI is InChI=1S/C21H22N4O2/c22-13-16-2-1-3-19(12-16)25-21(27)18-6-4-17(5-7-18)20(26)24-14-15-8-10-23-11-9-15/h1-3,8-12,17-18H,4-7,14H2,(H,24,26)(H,25,27). The van der Waals surface area contributed by atoms with Crippen LogP contribution in [0.1, 0.15) is 36.8 Å². The SMILES string of the molecule is N#Cc1cccc(NC(=O)C2CCC(C(=O)NCc3ccncc3)CC2)c1. The van der Waals surface area contributed by atoms with Crippen molar-refractivity contribution >= 4 is 17.5 Å². The van der Waals surface area contributed by atoms with Gasteiger partial charge >= 0.3 is 0 Å². The van der Waals surface area contributed by atoms with Crippen LogP contribution in [0.4, 0.5) is 5.69 Å². The fourth-order valence-electron chi connectivity index (χ4n) is 3.36. The minimum Gasteiger partial charge on any atom is -0.352 e. The molecule has 2 aromatic rings. The van der Waals surface area contributed by atoms with E-state index in [4.69, 9.17) is 5.26 Å². The summed E-state index contributed by atoms with van der Waals surface area (Å²) in [6, 6.07) is 12.7. The van der Waals surface area contributed by atoms with Gasteiger partial charge in [0, 0.05) is 36.5 Å². The number of hydrogen-bond acceptors (Lipinski definition) is 4. The van der Waals surface area contributed by atoms with Gasteiger partial charge in [-0.1, -0.05) is 6.07 Å². The van der Waals surface area contributed by atoms with Crippen LogP contribution >= 0.6 is 0 Å². The number of carbonyl (C=O) groups excluding carboxylic acids is 2. The molecule has 2 amide bonds. The summed E-state index contributed by atoms with van der Waals surface area (Å²) in [4.78, 5) is 28.8. The smallest absolute Gasteiger partial charge is 0.227 e. The summed E-state index contributed by atoms with van der Waals surface area (Å²) in [5.74, 6) is -0.133. The quantitative estimate of drug-likeness (QED) is 0.855. The van der Waals surface area contributed by atoms with Crippen molar-refractivity contribution in [3.05, 3.63) is 59.9 Å². The normalized spacial score (nSPS) is 18.9. The van der Waals surface area contributed by atoms with E-state index in [1.54, 1.807) is 36.7 Å². The zero-order valence-corrected chi connectivity index (χ0v) is 15.0. The molecule has 0 spiro atoms. The van der Waals surface area contributed by atoms with E-state index in [2.05, 4.69) is 21.7 Å². The van der Waals surface area contributed by atoms with Crippen molar-refractivity contribution in [3.8, 4) is 6.07 Å². The molecule has 6 nitrogen and oxygen atoms in total. The maximum atomic E-state index is 12.5. The van der Waals surface area contributed by atoms with E-state index >= 15 is 0 Å². The molecule has 2 N–H and O–H groups in total. The first-order valence-electron chi connectivity index (χ1n) is 9.13. The van der Waals surface area contributed by atoms with Crippen LogP contribution < -0.4 is 10.6 Å². The summed E-state index contributed by atoms with van der Waals surface area (Å²) in [6.45, 7) is 0.497. The number of nitriles is 1. The molecule has 1 aliphatic carbocycles. The first-order valence-corrected chi connectivity index (χ1v) is 9.13. The summed E-state index contributed by atoms with van der Waals surface area (Å²) in [5.41, 5.74) is 2.17. The van der Waals surface area contributed by atoms with E-state index in [1.807, 2.05) is 12.1 Å². The van der Waals surface area contributed by atoms with Crippen LogP contribution in [0, 0.1) is 23.2 Å². The molecule has 27 heavy (non-hydrogen) atoms. The maximum absolute atomic E-state index is 12.5. The van der Waals surface area contributed by atoms with E-state index in [0.717, 1.165) is 5.56 Å². The predicted octanol–water partition coefficient (Wildman–Crippen LogP) is 3.01. The first-order chi connectivity index (χ1) is 13.2. The monoisotopic (exact) mass is 362 g/mol. The van der Waals surface area contributed by atoms with Crippen LogP contribution in [0.2, 0.25) is 0 Å². The van der Waals surface area contributed by atoms with Crippen LogP contribution in [-0.4, -0.2) is 16.8 Å². The Hall–Kier alpha value is -3.20. The lowest BCUT2D eigenvalue weighted by Crippen LogP contribution is -2.35. The van der Waals surface area contributed by atoms with Crippen LogP contribution in [0.5, 0.6) is 0 Å². The molecule has 0 saturated heterocycles. The lowest BCUT2D eigenvalue weighted by molar-refractivity contribution is -0.128. The molecule has 1 fully saturated rings. The Morgan fingerprint density at radius 1 is 1.04 bits per heavy atom. The number of pyridine rings is 1. The van der Waals surface area contributed by atoms with Gasteiger partial charge in [0.1, 0.15) is 0 Å². The first kappa shape index (κ1) is 18.6. The molecule has 0 atom stereocenters. The van der Waals surface area contributed by atoms with Gasteiger partial charge < -0.3 is 10.6 Å². The Labute approximate surface area is 158 Å². The molecule has 0 bridgehead atoms. The van der Waals surface area contributed by atoms with E-state index in [9.17, 15) is 9.59 Å². The molecule has 0 unspecified atom stereocenters. The molecule has 1 aromatic carbocycles. The van der Waals surface area contributed by atoms with Crippen LogP contribution in [-0.2, 0) is 16.1 Å². The zero-order valence-electron chi connectivity index (χ0n) is 15.0. The minimum atomic E-state index is -0.0972. The number of rotatable bonds is 5. The second kappa shape index (κ2) is 8.95. The van der Waals surface area contributed by atoms with E-state index in [0.29, 0.717) is 43.5 Å². The summed E-state index contributed by atoms with van der Waals surface area (Å²) in [5, 5.41) is 14.8. The van der Waals surface area contributed by atoms with Crippen molar-refractivity contribution in [1.82, 2.24) is 10.3 Å². The maximum Gasteiger partial charge on any atom is 0.227 e. The average molecular weight is 362 g/mol. The van der Waals surface area contributed by atoms with Gasteiger partial charge in [-0.05, 0) is 61.6 Å². The van der Waals surface area contributed by atoms with Crippen molar-refractivity contribution in [2.75, 3.05) is 5.32 Å². The molecule has 1 saturated carbocycles. The number of nitrogens with one attached hydrogen (secondary N) is 2. The fraction of sp³-hybridized carbons (Fsp3) is 0.333. The number of nitrogens with zero attached hydrogens (tertiary/aromatic N) is 2. The number of aromatic nitrogens is 1. The number of carbonyl (C=O) groups is 2. The molecular formula is C21H22N4O2. The summed E-state index contributed by atoms with van der Waals surface area (Å²) < 4.78 is 0. The molecule has 1 heterocycles. The molecular weight excluding hydrogens is 340 g/mol. The molecule has 138 valence electrons. The second-order valence-electron chi connectivity index (χ2n) is 6.80. The Morgan fingerprint density at radius 3 is 2.37 bits per heavy atom. The third kappa shape index (κ3) is 5.14. The lowest BCUT2D eigenvalue weighted by Gasteiger charge is -2.27. The molecule has 3 rings (SSSR count). The summed E-state index contributed by atoms with van der Waals surface area (Å²) in [7, 11) is 0. The third-order valence-electron chi connectivity index (χ3n) is 4.94. The average Bonchev–Trinajstić information content (AvgIpc) is 2.73. The topological polar surface area (TPSA) is 94.9 Å². The van der Waals surface area contributed by atoms with Crippen molar-refractivity contribution in [1.29, 1.82) is 5.26 Å². The van der Waals surface area contributed by atoms with Gasteiger partial charge in [-0.25, -0.2) is 0 Å². The van der Waals surface area contributed by atoms with Crippen molar-refractivity contribution < 1.29 is 9.59 Å². The third-order valence-corrected chi connectivity index (χ3v) is 4.94. The predicted molar refractivity (Wildman–Crippen MR) is 101 cm³/mol. The van der Waals surface area contributed by atoms with Gasteiger partial charge in [-0.3, -0.25) is 14.6 Å². The van der Waals surface area contributed by atoms with Crippen LogP contribution in [0.15, 0.2) is 48.8 Å². The van der Waals surface area contributed by atoms with Gasteiger partial charge in [-0.15, -0.1) is 0 Å². The minimum absolute atomic E-state index is 0.0410. The van der Waals surface area contributed by atoms with Crippen molar-refractivity contribution in [2.45, 2.75) is 32.2 Å². The number of anilines is 1. The molecule has 0 aliphatic heterocycles. The zero-order chi connectivity index (χ0) is 19.1.